The number of thiazole rings is 1. The molecule has 0 N–H and O–H groups in total. The van der Waals surface area contributed by atoms with Gasteiger partial charge in [0.2, 0.25) is 11.8 Å². The van der Waals surface area contributed by atoms with Gasteiger partial charge in [0.1, 0.15) is 5.82 Å². The maximum Gasteiger partial charge on any atom is 0.232 e. The third-order valence-electron chi connectivity index (χ3n) is 6.39. The van der Waals surface area contributed by atoms with Crippen molar-refractivity contribution in [1.29, 1.82) is 0 Å². The van der Waals surface area contributed by atoms with E-state index >= 15 is 0 Å². The van der Waals surface area contributed by atoms with Gasteiger partial charge in [0.15, 0.2) is 5.13 Å². The molecule has 0 unspecified atom stereocenters. The van der Waals surface area contributed by atoms with Crippen molar-refractivity contribution in [3.63, 3.8) is 0 Å². The molecule has 2 fully saturated rings. The van der Waals surface area contributed by atoms with E-state index in [-0.39, 0.29) is 29.5 Å². The first kappa shape index (κ1) is 21.8. The highest BCUT2D eigenvalue weighted by Gasteiger charge is 2.37. The van der Waals surface area contributed by atoms with Crippen molar-refractivity contribution in [2.45, 2.75) is 32.2 Å². The summed E-state index contributed by atoms with van der Waals surface area (Å²) in [5.41, 5.74) is 2.58. The Hall–Kier alpha value is -3.06. The zero-order valence-corrected chi connectivity index (χ0v) is 19.1. The number of carbonyl (C=O) groups excluding carboxylic acids is 2. The molecule has 1 aromatic heterocycles. The maximum absolute atomic E-state index is 13.7. The first-order valence-electron chi connectivity index (χ1n) is 11.4. The van der Waals surface area contributed by atoms with Crippen LogP contribution in [0.25, 0.3) is 11.3 Å². The van der Waals surface area contributed by atoms with Gasteiger partial charge < -0.3 is 4.90 Å². The summed E-state index contributed by atoms with van der Waals surface area (Å²) >= 11 is 1.42. The lowest BCUT2D eigenvalue weighted by Crippen LogP contribution is -2.44. The fraction of sp³-hybridized carbons (Fsp3) is 0.346. The predicted octanol–water partition coefficient (Wildman–Crippen LogP) is 5.13. The van der Waals surface area contributed by atoms with E-state index < -0.39 is 0 Å². The van der Waals surface area contributed by atoms with E-state index in [1.165, 1.54) is 23.5 Å². The van der Waals surface area contributed by atoms with Crippen LogP contribution < -0.4 is 4.90 Å². The molecular formula is C26H26FN3O2S. The second-order valence-corrected chi connectivity index (χ2v) is 9.64. The number of halogens is 1. The molecule has 1 saturated carbocycles. The fourth-order valence-electron chi connectivity index (χ4n) is 4.30. The minimum atomic E-state index is -0.290. The van der Waals surface area contributed by atoms with Crippen LogP contribution in [0, 0.1) is 17.7 Å². The van der Waals surface area contributed by atoms with Crippen LogP contribution in [-0.4, -0.2) is 34.8 Å². The van der Waals surface area contributed by atoms with Crippen molar-refractivity contribution >= 4 is 28.3 Å². The van der Waals surface area contributed by atoms with Crippen LogP contribution in [0.4, 0.5) is 9.52 Å². The fourth-order valence-corrected chi connectivity index (χ4v) is 5.14. The molecule has 2 amide bonds. The number of aromatic nitrogens is 1. The topological polar surface area (TPSA) is 53.5 Å². The second kappa shape index (κ2) is 9.43. The number of anilines is 1. The molecule has 7 heteroatoms. The summed E-state index contributed by atoms with van der Waals surface area (Å²) in [6, 6.07) is 16.1. The molecule has 1 saturated heterocycles. The first-order chi connectivity index (χ1) is 16.1. The maximum atomic E-state index is 13.7. The number of rotatable bonds is 6. The average molecular weight is 464 g/mol. The summed E-state index contributed by atoms with van der Waals surface area (Å²) in [4.78, 5) is 34.5. The van der Waals surface area contributed by atoms with Crippen molar-refractivity contribution in [1.82, 2.24) is 9.88 Å². The number of benzene rings is 2. The van der Waals surface area contributed by atoms with Crippen molar-refractivity contribution in [2.75, 3.05) is 18.0 Å². The number of likely N-dealkylation sites (tertiary alicyclic amines) is 1. The highest BCUT2D eigenvalue weighted by Crippen LogP contribution is 2.34. The number of piperidine rings is 1. The van der Waals surface area contributed by atoms with Crippen LogP contribution in [0.3, 0.4) is 0 Å². The van der Waals surface area contributed by atoms with Crippen molar-refractivity contribution in [2.24, 2.45) is 11.8 Å². The number of carbonyl (C=O) groups is 2. The molecule has 0 bridgehead atoms. The summed E-state index contributed by atoms with van der Waals surface area (Å²) in [7, 11) is 0. The minimum Gasteiger partial charge on any atom is -0.342 e. The van der Waals surface area contributed by atoms with E-state index in [2.05, 4.69) is 0 Å². The van der Waals surface area contributed by atoms with E-state index in [9.17, 15) is 14.0 Å². The highest BCUT2D eigenvalue weighted by atomic mass is 32.1. The van der Waals surface area contributed by atoms with E-state index in [4.69, 9.17) is 4.98 Å². The first-order valence-corrected chi connectivity index (χ1v) is 12.3. The van der Waals surface area contributed by atoms with Crippen molar-refractivity contribution < 1.29 is 14.0 Å². The molecule has 0 radical (unpaired) electrons. The second-order valence-electron chi connectivity index (χ2n) is 8.81. The van der Waals surface area contributed by atoms with E-state index in [1.807, 2.05) is 40.6 Å². The molecule has 3 aromatic rings. The van der Waals surface area contributed by atoms with Crippen molar-refractivity contribution in [3.05, 3.63) is 71.4 Å². The Morgan fingerprint density at radius 3 is 2.33 bits per heavy atom. The van der Waals surface area contributed by atoms with E-state index in [0.717, 1.165) is 29.7 Å². The number of amides is 2. The molecule has 2 aromatic carbocycles. The number of nitrogens with zero attached hydrogens (tertiary/aromatic N) is 3. The predicted molar refractivity (Wildman–Crippen MR) is 127 cm³/mol. The van der Waals surface area contributed by atoms with Gasteiger partial charge in [-0.05, 0) is 55.5 Å². The molecule has 170 valence electrons. The quantitative estimate of drug-likeness (QED) is 0.509. The minimum absolute atomic E-state index is 0.0531. The summed E-state index contributed by atoms with van der Waals surface area (Å²) < 4.78 is 13.3. The zero-order valence-electron chi connectivity index (χ0n) is 18.3. The molecule has 1 aliphatic carbocycles. The lowest BCUT2D eigenvalue weighted by Gasteiger charge is -2.33. The smallest absolute Gasteiger partial charge is 0.232 e. The van der Waals surface area contributed by atoms with Gasteiger partial charge in [-0.2, -0.15) is 0 Å². The molecule has 0 spiro atoms. The SMILES string of the molecule is O=C(C1CC1)N1CCC(C(=O)N(Cc2ccccc2)c2nc(-c3ccc(F)cc3)cs2)CC1. The van der Waals surface area contributed by atoms with Gasteiger partial charge in [0.05, 0.1) is 12.2 Å². The van der Waals surface area contributed by atoms with Gasteiger partial charge in [-0.3, -0.25) is 14.5 Å². The lowest BCUT2D eigenvalue weighted by atomic mass is 9.95. The Labute approximate surface area is 196 Å². The van der Waals surface area contributed by atoms with Crippen LogP contribution in [-0.2, 0) is 16.1 Å². The van der Waals surface area contributed by atoms with Gasteiger partial charge in [0, 0.05) is 35.9 Å². The monoisotopic (exact) mass is 463 g/mol. The van der Waals surface area contributed by atoms with Crippen LogP contribution in [0.5, 0.6) is 0 Å². The largest absolute Gasteiger partial charge is 0.342 e. The summed E-state index contributed by atoms with van der Waals surface area (Å²) in [5.74, 6) is 0.104. The normalized spacial score (nSPS) is 16.6. The average Bonchev–Trinajstić information content (AvgIpc) is 3.60. The number of hydrogen-bond acceptors (Lipinski definition) is 4. The number of hydrogen-bond donors (Lipinski definition) is 0. The Balaban J connectivity index is 1.35. The highest BCUT2D eigenvalue weighted by molar-refractivity contribution is 7.14. The van der Waals surface area contributed by atoms with Gasteiger partial charge in [0.25, 0.3) is 0 Å². The van der Waals surface area contributed by atoms with Crippen LogP contribution >= 0.6 is 11.3 Å². The van der Waals surface area contributed by atoms with Gasteiger partial charge in [-0.1, -0.05) is 30.3 Å². The Kier molecular flexibility index (Phi) is 6.22. The van der Waals surface area contributed by atoms with E-state index in [1.54, 1.807) is 17.0 Å². The standard InChI is InChI=1S/C26H26FN3O2S/c27-22-10-8-19(9-11-22)23-17-33-26(28-23)30(16-18-4-2-1-3-5-18)25(32)21-12-14-29(15-13-21)24(31)20-6-7-20/h1-5,8-11,17,20-21H,6-7,12-16H2. The van der Waals surface area contributed by atoms with E-state index in [0.29, 0.717) is 37.6 Å². The molecular weight excluding hydrogens is 437 g/mol. The zero-order chi connectivity index (χ0) is 22.8. The van der Waals surface area contributed by atoms with Gasteiger partial charge in [-0.15, -0.1) is 11.3 Å². The molecule has 5 nitrogen and oxygen atoms in total. The van der Waals surface area contributed by atoms with Gasteiger partial charge >= 0.3 is 0 Å². The van der Waals surface area contributed by atoms with Crippen LogP contribution in [0.15, 0.2) is 60.0 Å². The van der Waals surface area contributed by atoms with Crippen LogP contribution in [0.2, 0.25) is 0 Å². The summed E-state index contributed by atoms with van der Waals surface area (Å²) in [5, 5.41) is 2.55. The molecule has 2 heterocycles. The lowest BCUT2D eigenvalue weighted by molar-refractivity contribution is -0.136. The van der Waals surface area contributed by atoms with Crippen LogP contribution in [0.1, 0.15) is 31.2 Å². The molecule has 1 aliphatic heterocycles. The Morgan fingerprint density at radius 2 is 1.67 bits per heavy atom. The molecule has 5 rings (SSSR count). The third kappa shape index (κ3) is 4.98. The summed E-state index contributed by atoms with van der Waals surface area (Å²) in [6.45, 7) is 1.73. The molecule has 33 heavy (non-hydrogen) atoms. The summed E-state index contributed by atoms with van der Waals surface area (Å²) in [6.07, 6.45) is 3.36. The Bertz CT molecular complexity index is 1120. The van der Waals surface area contributed by atoms with Gasteiger partial charge in [-0.25, -0.2) is 9.37 Å². The third-order valence-corrected chi connectivity index (χ3v) is 7.26. The van der Waals surface area contributed by atoms with Crippen molar-refractivity contribution in [3.8, 4) is 11.3 Å². The molecule has 0 atom stereocenters. The molecule has 2 aliphatic rings. The Morgan fingerprint density at radius 1 is 0.970 bits per heavy atom.